The Bertz CT molecular complexity index is 660. The van der Waals surface area contributed by atoms with Gasteiger partial charge in [0.2, 0.25) is 10.0 Å². The third-order valence-electron chi connectivity index (χ3n) is 3.39. The van der Waals surface area contributed by atoms with Crippen LogP contribution in [0.4, 0.5) is 0 Å². The molecule has 3 N–H and O–H groups in total. The molecule has 0 saturated carbocycles. The van der Waals surface area contributed by atoms with Crippen LogP contribution >= 0.6 is 0 Å². The fourth-order valence-electron chi connectivity index (χ4n) is 2.15. The second-order valence-corrected chi connectivity index (χ2v) is 7.29. The number of hydrogen-bond acceptors (Lipinski definition) is 4. The molecule has 0 aliphatic carbocycles. The average molecular weight is 371 g/mol. The summed E-state index contributed by atoms with van der Waals surface area (Å²) in [5.41, 5.74) is 1.64. The Kier molecular flexibility index (Phi) is 9.48. The molecule has 0 atom stereocenters. The van der Waals surface area contributed by atoms with E-state index in [1.165, 1.54) is 0 Å². The molecule has 0 aromatic heterocycles. The summed E-state index contributed by atoms with van der Waals surface area (Å²) in [6.07, 6.45) is 0. The fourth-order valence-corrected chi connectivity index (χ4v) is 3.50. The van der Waals surface area contributed by atoms with Crippen molar-refractivity contribution in [1.29, 1.82) is 0 Å². The van der Waals surface area contributed by atoms with Gasteiger partial charge in [0.25, 0.3) is 0 Å². The molecule has 0 aliphatic heterocycles. The van der Waals surface area contributed by atoms with Crippen molar-refractivity contribution in [3.8, 4) is 0 Å². The Morgan fingerprint density at radius 2 is 1.92 bits per heavy atom. The Labute approximate surface area is 151 Å². The molecule has 1 aromatic rings. The highest BCUT2D eigenvalue weighted by Crippen LogP contribution is 2.16. The molecule has 0 unspecified atom stereocenters. The first-order valence-electron chi connectivity index (χ1n) is 8.57. The third-order valence-corrected chi connectivity index (χ3v) is 5.00. The van der Waals surface area contributed by atoms with Crippen LogP contribution in [0.5, 0.6) is 0 Å². The predicted molar refractivity (Wildman–Crippen MR) is 102 cm³/mol. The monoisotopic (exact) mass is 370 g/mol. The molecule has 25 heavy (non-hydrogen) atoms. The van der Waals surface area contributed by atoms with E-state index in [0.717, 1.165) is 17.7 Å². The number of aryl methyl sites for hydroxylation is 2. The van der Waals surface area contributed by atoms with Gasteiger partial charge in [0.05, 0.1) is 18.0 Å². The molecule has 0 bridgehead atoms. The summed E-state index contributed by atoms with van der Waals surface area (Å²) in [5, 5.41) is 6.25. The first-order valence-corrected chi connectivity index (χ1v) is 10.1. The van der Waals surface area contributed by atoms with E-state index in [9.17, 15) is 8.42 Å². The Balaban J connectivity index is 2.56. The number of sulfonamides is 1. The van der Waals surface area contributed by atoms with E-state index in [1.807, 2.05) is 32.9 Å². The summed E-state index contributed by atoms with van der Waals surface area (Å²) in [6, 6.07) is 5.39. The minimum Gasteiger partial charge on any atom is -0.380 e. The van der Waals surface area contributed by atoms with Crippen LogP contribution in [0.3, 0.4) is 0 Å². The number of aliphatic imine (C=N–C) groups is 1. The Morgan fingerprint density at radius 3 is 2.60 bits per heavy atom. The van der Waals surface area contributed by atoms with Gasteiger partial charge in [-0.05, 0) is 44.9 Å². The van der Waals surface area contributed by atoms with Crippen molar-refractivity contribution in [2.45, 2.75) is 32.6 Å². The smallest absolute Gasteiger partial charge is 0.240 e. The molecule has 0 fully saturated rings. The second kappa shape index (κ2) is 11.1. The lowest BCUT2D eigenvalue weighted by Gasteiger charge is -2.12. The van der Waals surface area contributed by atoms with Crippen molar-refractivity contribution in [3.05, 3.63) is 29.3 Å². The zero-order valence-electron chi connectivity index (χ0n) is 15.6. The number of hydrogen-bond donors (Lipinski definition) is 3. The number of rotatable bonds is 10. The molecule has 0 spiro atoms. The van der Waals surface area contributed by atoms with Gasteiger partial charge in [-0.25, -0.2) is 13.1 Å². The number of benzene rings is 1. The first kappa shape index (κ1) is 21.4. The summed E-state index contributed by atoms with van der Waals surface area (Å²) >= 11 is 0. The van der Waals surface area contributed by atoms with Gasteiger partial charge in [0.1, 0.15) is 0 Å². The minimum atomic E-state index is -3.53. The summed E-state index contributed by atoms with van der Waals surface area (Å²) in [7, 11) is -3.53. The first-order chi connectivity index (χ1) is 11.9. The summed E-state index contributed by atoms with van der Waals surface area (Å²) in [6.45, 7) is 10.8. The number of nitrogens with one attached hydrogen (secondary N) is 3. The maximum absolute atomic E-state index is 12.4. The van der Waals surface area contributed by atoms with Crippen molar-refractivity contribution in [1.82, 2.24) is 15.4 Å². The SMILES string of the molecule is CCNC(=NCCNS(=O)(=O)c1cc(C)ccc1C)NCCOCC. The van der Waals surface area contributed by atoms with Crippen LogP contribution in [-0.2, 0) is 14.8 Å². The maximum Gasteiger partial charge on any atom is 0.240 e. The Morgan fingerprint density at radius 1 is 1.16 bits per heavy atom. The second-order valence-electron chi connectivity index (χ2n) is 5.55. The molecule has 0 saturated heterocycles. The van der Waals surface area contributed by atoms with Crippen LogP contribution in [0.1, 0.15) is 25.0 Å². The van der Waals surface area contributed by atoms with E-state index in [2.05, 4.69) is 20.3 Å². The van der Waals surface area contributed by atoms with Crippen LogP contribution in [0, 0.1) is 13.8 Å². The fraction of sp³-hybridized carbons (Fsp3) is 0.588. The van der Waals surface area contributed by atoms with E-state index in [1.54, 1.807) is 13.0 Å². The van der Waals surface area contributed by atoms with Gasteiger partial charge in [0.15, 0.2) is 5.96 Å². The van der Waals surface area contributed by atoms with E-state index in [-0.39, 0.29) is 6.54 Å². The van der Waals surface area contributed by atoms with Crippen molar-refractivity contribution < 1.29 is 13.2 Å². The molecule has 0 radical (unpaired) electrons. The molecule has 8 heteroatoms. The highest BCUT2D eigenvalue weighted by molar-refractivity contribution is 7.89. The van der Waals surface area contributed by atoms with Crippen LogP contribution in [0.15, 0.2) is 28.1 Å². The molecule has 1 rings (SSSR count). The molecule has 0 aliphatic rings. The predicted octanol–water partition coefficient (Wildman–Crippen LogP) is 1.17. The van der Waals surface area contributed by atoms with Gasteiger partial charge < -0.3 is 15.4 Å². The maximum atomic E-state index is 12.4. The summed E-state index contributed by atoms with van der Waals surface area (Å²) in [4.78, 5) is 4.68. The van der Waals surface area contributed by atoms with Crippen molar-refractivity contribution >= 4 is 16.0 Å². The van der Waals surface area contributed by atoms with Crippen LogP contribution in [-0.4, -0.2) is 53.8 Å². The lowest BCUT2D eigenvalue weighted by Crippen LogP contribution is -2.39. The molecule has 7 nitrogen and oxygen atoms in total. The lowest BCUT2D eigenvalue weighted by molar-refractivity contribution is 0.152. The van der Waals surface area contributed by atoms with Crippen LogP contribution in [0.2, 0.25) is 0 Å². The third kappa shape index (κ3) is 7.85. The lowest BCUT2D eigenvalue weighted by atomic mass is 10.2. The van der Waals surface area contributed by atoms with E-state index in [4.69, 9.17) is 4.74 Å². The van der Waals surface area contributed by atoms with E-state index >= 15 is 0 Å². The minimum absolute atomic E-state index is 0.234. The van der Waals surface area contributed by atoms with Gasteiger partial charge in [0, 0.05) is 26.2 Å². The molecule has 0 amide bonds. The Hall–Kier alpha value is -1.64. The zero-order chi connectivity index (χ0) is 18.7. The van der Waals surface area contributed by atoms with Crippen molar-refractivity contribution in [2.75, 3.05) is 39.4 Å². The number of guanidine groups is 1. The molecule has 1 aromatic carbocycles. The van der Waals surface area contributed by atoms with Gasteiger partial charge >= 0.3 is 0 Å². The van der Waals surface area contributed by atoms with Gasteiger partial charge in [-0.1, -0.05) is 12.1 Å². The van der Waals surface area contributed by atoms with Gasteiger partial charge in [-0.2, -0.15) is 0 Å². The van der Waals surface area contributed by atoms with Crippen LogP contribution < -0.4 is 15.4 Å². The molecule has 142 valence electrons. The standard InChI is InChI=1S/C17H30N4O3S/c1-5-18-17(20-11-12-24-6-2)19-9-10-21-25(22,23)16-13-14(3)7-8-15(16)4/h7-8,13,21H,5-6,9-12H2,1-4H3,(H2,18,19,20). The van der Waals surface area contributed by atoms with E-state index < -0.39 is 10.0 Å². The average Bonchev–Trinajstić information content (AvgIpc) is 2.57. The largest absolute Gasteiger partial charge is 0.380 e. The quantitative estimate of drug-likeness (QED) is 0.327. The topological polar surface area (TPSA) is 91.8 Å². The van der Waals surface area contributed by atoms with Crippen molar-refractivity contribution in [2.24, 2.45) is 4.99 Å². The number of ether oxygens (including phenoxy) is 1. The normalized spacial score (nSPS) is 12.2. The highest BCUT2D eigenvalue weighted by atomic mass is 32.2. The summed E-state index contributed by atoms with van der Waals surface area (Å²) < 4.78 is 32.7. The molecular weight excluding hydrogens is 340 g/mol. The number of nitrogens with zero attached hydrogens (tertiary/aromatic N) is 1. The molecule has 0 heterocycles. The van der Waals surface area contributed by atoms with Crippen molar-refractivity contribution in [3.63, 3.8) is 0 Å². The van der Waals surface area contributed by atoms with Crippen LogP contribution in [0.25, 0.3) is 0 Å². The van der Waals surface area contributed by atoms with E-state index in [0.29, 0.717) is 37.2 Å². The molecular formula is C17H30N4O3S. The zero-order valence-corrected chi connectivity index (χ0v) is 16.4. The van der Waals surface area contributed by atoms with Gasteiger partial charge in [-0.15, -0.1) is 0 Å². The summed E-state index contributed by atoms with van der Waals surface area (Å²) in [5.74, 6) is 0.646. The van der Waals surface area contributed by atoms with Gasteiger partial charge in [-0.3, -0.25) is 4.99 Å². The highest BCUT2D eigenvalue weighted by Gasteiger charge is 2.16.